The Morgan fingerprint density at radius 3 is 2.32 bits per heavy atom. The van der Waals surface area contributed by atoms with E-state index in [0.717, 1.165) is 22.0 Å². The van der Waals surface area contributed by atoms with E-state index in [4.69, 9.17) is 10.5 Å². The van der Waals surface area contributed by atoms with Crippen molar-refractivity contribution in [2.75, 3.05) is 12.9 Å². The fraction of sp³-hybridized carbons (Fsp3) is 0.200. The zero-order valence-electron chi connectivity index (χ0n) is 10.7. The Labute approximate surface area is 116 Å². The van der Waals surface area contributed by atoms with Gasteiger partial charge in [0, 0.05) is 16.7 Å². The lowest BCUT2D eigenvalue weighted by Gasteiger charge is -2.11. The van der Waals surface area contributed by atoms with Crippen molar-refractivity contribution in [2.24, 2.45) is 5.73 Å². The summed E-state index contributed by atoms with van der Waals surface area (Å²) in [6.45, 7) is 0. The van der Waals surface area contributed by atoms with E-state index in [-0.39, 0.29) is 11.9 Å². The van der Waals surface area contributed by atoms with E-state index in [1.807, 2.05) is 24.3 Å². The minimum absolute atomic E-state index is 0.104. The van der Waals surface area contributed by atoms with E-state index in [1.165, 1.54) is 12.1 Å². The lowest BCUT2D eigenvalue weighted by molar-refractivity contribution is 0.414. The third kappa shape index (κ3) is 3.98. The molecule has 0 heterocycles. The van der Waals surface area contributed by atoms with Gasteiger partial charge in [-0.25, -0.2) is 4.39 Å². The number of thioether (sulfide) groups is 1. The maximum Gasteiger partial charge on any atom is 0.123 e. The first-order chi connectivity index (χ1) is 9.19. The highest BCUT2D eigenvalue weighted by Gasteiger charge is 2.07. The van der Waals surface area contributed by atoms with E-state index >= 15 is 0 Å². The van der Waals surface area contributed by atoms with Gasteiger partial charge in [-0.3, -0.25) is 0 Å². The summed E-state index contributed by atoms with van der Waals surface area (Å²) in [5.74, 6) is 1.35. The predicted octanol–water partition coefficient (Wildman–Crippen LogP) is 3.63. The van der Waals surface area contributed by atoms with Crippen LogP contribution in [0.1, 0.15) is 11.6 Å². The summed E-state index contributed by atoms with van der Waals surface area (Å²) in [5, 5.41) is 0. The fourth-order valence-electron chi connectivity index (χ4n) is 1.66. The Morgan fingerprint density at radius 1 is 1.11 bits per heavy atom. The summed E-state index contributed by atoms with van der Waals surface area (Å²) in [6.07, 6.45) is 0. The van der Waals surface area contributed by atoms with Crippen LogP contribution in [0.15, 0.2) is 53.4 Å². The van der Waals surface area contributed by atoms with Gasteiger partial charge in [-0.05, 0) is 42.0 Å². The second kappa shape index (κ2) is 6.59. The second-order valence-electron chi connectivity index (χ2n) is 4.14. The molecule has 0 saturated heterocycles. The Bertz CT molecular complexity index is 513. The molecule has 1 unspecified atom stereocenters. The van der Waals surface area contributed by atoms with E-state index in [2.05, 4.69) is 0 Å². The topological polar surface area (TPSA) is 35.2 Å². The van der Waals surface area contributed by atoms with Gasteiger partial charge in [-0.1, -0.05) is 12.1 Å². The number of ether oxygens (including phenoxy) is 1. The molecule has 100 valence electrons. The van der Waals surface area contributed by atoms with Gasteiger partial charge < -0.3 is 10.5 Å². The van der Waals surface area contributed by atoms with Crippen LogP contribution in [0.5, 0.6) is 5.75 Å². The molecule has 0 aliphatic carbocycles. The van der Waals surface area contributed by atoms with Crippen molar-refractivity contribution in [3.05, 3.63) is 59.9 Å². The van der Waals surface area contributed by atoms with Gasteiger partial charge in [0.1, 0.15) is 11.6 Å². The molecule has 0 spiro atoms. The van der Waals surface area contributed by atoms with Gasteiger partial charge in [0.05, 0.1) is 7.11 Å². The van der Waals surface area contributed by atoms with Crippen molar-refractivity contribution in [1.29, 1.82) is 0 Å². The average molecular weight is 277 g/mol. The molecule has 0 bridgehead atoms. The summed E-state index contributed by atoms with van der Waals surface area (Å²) < 4.78 is 17.9. The van der Waals surface area contributed by atoms with Gasteiger partial charge in [-0.2, -0.15) is 0 Å². The Kier molecular flexibility index (Phi) is 4.82. The van der Waals surface area contributed by atoms with Crippen molar-refractivity contribution in [1.82, 2.24) is 0 Å². The summed E-state index contributed by atoms with van der Waals surface area (Å²) in [6, 6.07) is 14.1. The standard InChI is InChI=1S/C15H16FNOS/c1-18-13-6-8-14(9-7-13)19-10-15(17)11-2-4-12(16)5-3-11/h2-9,15H,10,17H2,1H3. The van der Waals surface area contributed by atoms with Crippen LogP contribution < -0.4 is 10.5 Å². The Hall–Kier alpha value is -1.52. The molecule has 19 heavy (non-hydrogen) atoms. The fourth-order valence-corrected chi connectivity index (χ4v) is 2.56. The van der Waals surface area contributed by atoms with E-state index in [0.29, 0.717) is 0 Å². The summed E-state index contributed by atoms with van der Waals surface area (Å²) in [5.41, 5.74) is 7.03. The molecular formula is C15H16FNOS. The van der Waals surface area contributed by atoms with Crippen LogP contribution >= 0.6 is 11.8 Å². The summed E-state index contributed by atoms with van der Waals surface area (Å²) in [4.78, 5) is 1.14. The van der Waals surface area contributed by atoms with E-state index in [9.17, 15) is 4.39 Å². The highest BCUT2D eigenvalue weighted by Crippen LogP contribution is 2.25. The quantitative estimate of drug-likeness (QED) is 0.848. The summed E-state index contributed by atoms with van der Waals surface area (Å²) in [7, 11) is 1.65. The highest BCUT2D eigenvalue weighted by atomic mass is 32.2. The molecule has 0 fully saturated rings. The zero-order valence-corrected chi connectivity index (χ0v) is 11.5. The molecule has 2 N–H and O–H groups in total. The van der Waals surface area contributed by atoms with Crippen molar-refractivity contribution >= 4 is 11.8 Å². The lowest BCUT2D eigenvalue weighted by Crippen LogP contribution is -2.12. The number of rotatable bonds is 5. The first-order valence-corrected chi connectivity index (χ1v) is 6.95. The molecule has 4 heteroatoms. The van der Waals surface area contributed by atoms with Crippen molar-refractivity contribution < 1.29 is 9.13 Å². The third-order valence-electron chi connectivity index (χ3n) is 2.79. The van der Waals surface area contributed by atoms with Gasteiger partial charge in [0.15, 0.2) is 0 Å². The minimum Gasteiger partial charge on any atom is -0.497 e. The second-order valence-corrected chi connectivity index (χ2v) is 5.24. The largest absolute Gasteiger partial charge is 0.497 e. The van der Waals surface area contributed by atoms with Crippen LogP contribution in [0.25, 0.3) is 0 Å². The molecule has 2 rings (SSSR count). The number of benzene rings is 2. The van der Waals surface area contributed by atoms with Crippen LogP contribution in [0.2, 0.25) is 0 Å². The van der Waals surface area contributed by atoms with Gasteiger partial charge in [-0.15, -0.1) is 11.8 Å². The van der Waals surface area contributed by atoms with Crippen molar-refractivity contribution in [3.63, 3.8) is 0 Å². The number of nitrogens with two attached hydrogens (primary N) is 1. The van der Waals surface area contributed by atoms with Crippen molar-refractivity contribution in [2.45, 2.75) is 10.9 Å². The molecule has 1 atom stereocenters. The molecule has 2 aromatic rings. The molecule has 0 radical (unpaired) electrons. The smallest absolute Gasteiger partial charge is 0.123 e. The monoisotopic (exact) mass is 277 g/mol. The molecule has 2 aromatic carbocycles. The first kappa shape index (κ1) is 13.9. The van der Waals surface area contributed by atoms with Crippen LogP contribution in [0.4, 0.5) is 4.39 Å². The Balaban J connectivity index is 1.92. The molecular weight excluding hydrogens is 261 g/mol. The van der Waals surface area contributed by atoms with E-state index < -0.39 is 0 Å². The van der Waals surface area contributed by atoms with Crippen molar-refractivity contribution in [3.8, 4) is 5.75 Å². The van der Waals surface area contributed by atoms with Gasteiger partial charge >= 0.3 is 0 Å². The molecule has 0 aromatic heterocycles. The molecule has 0 aliphatic heterocycles. The molecule has 2 nitrogen and oxygen atoms in total. The number of halogens is 1. The molecule has 0 amide bonds. The maximum atomic E-state index is 12.8. The lowest BCUT2D eigenvalue weighted by atomic mass is 10.1. The number of hydrogen-bond donors (Lipinski definition) is 1. The Morgan fingerprint density at radius 2 is 1.74 bits per heavy atom. The SMILES string of the molecule is COc1ccc(SCC(N)c2ccc(F)cc2)cc1. The van der Waals surface area contributed by atoms with Gasteiger partial charge in [0.25, 0.3) is 0 Å². The minimum atomic E-state index is -0.237. The number of methoxy groups -OCH3 is 1. The molecule has 0 aliphatic rings. The van der Waals surface area contributed by atoms with Crippen LogP contribution in [-0.4, -0.2) is 12.9 Å². The normalized spacial score (nSPS) is 12.2. The third-order valence-corrected chi connectivity index (χ3v) is 3.92. The number of hydrogen-bond acceptors (Lipinski definition) is 3. The van der Waals surface area contributed by atoms with Crippen LogP contribution in [0.3, 0.4) is 0 Å². The average Bonchev–Trinajstić information content (AvgIpc) is 2.46. The predicted molar refractivity (Wildman–Crippen MR) is 77.0 cm³/mol. The van der Waals surface area contributed by atoms with Crippen LogP contribution in [0, 0.1) is 5.82 Å². The maximum absolute atomic E-state index is 12.8. The zero-order chi connectivity index (χ0) is 13.7. The first-order valence-electron chi connectivity index (χ1n) is 5.97. The molecule has 0 saturated carbocycles. The van der Waals surface area contributed by atoms with Crippen LogP contribution in [-0.2, 0) is 0 Å². The van der Waals surface area contributed by atoms with E-state index in [1.54, 1.807) is 31.0 Å². The highest BCUT2D eigenvalue weighted by molar-refractivity contribution is 7.99. The van der Waals surface area contributed by atoms with Gasteiger partial charge in [0.2, 0.25) is 0 Å². The summed E-state index contributed by atoms with van der Waals surface area (Å²) >= 11 is 1.67.